The van der Waals surface area contributed by atoms with Crippen molar-refractivity contribution >= 4 is 57.8 Å². The molecule has 4 rings (SSSR count). The van der Waals surface area contributed by atoms with Crippen LogP contribution in [0, 0.1) is 31.6 Å². The van der Waals surface area contributed by atoms with Gasteiger partial charge in [0.05, 0.1) is 32.5 Å². The monoisotopic (exact) mass is 714 g/mol. The van der Waals surface area contributed by atoms with Crippen LogP contribution in [0.5, 0.6) is 0 Å². The number of nitro groups is 2. The Hall–Kier alpha value is -4.15. The Kier molecular flexibility index (Phi) is 18.7. The lowest BCUT2D eigenvalue weighted by atomic mass is 10.2. The number of thiazole rings is 2. The minimum absolute atomic E-state index is 0. The zero-order valence-corrected chi connectivity index (χ0v) is 27.8. The van der Waals surface area contributed by atoms with Crippen LogP contribution < -0.4 is 10.6 Å². The minimum atomic E-state index is -0.779. The first-order chi connectivity index (χ1) is 21.5. The molecule has 46 heavy (non-hydrogen) atoms. The molecule has 0 saturated carbocycles. The number of aromatic nitrogens is 2. The zero-order valence-electron chi connectivity index (χ0n) is 24.7. The Balaban J connectivity index is 0.000000429. The summed E-state index contributed by atoms with van der Waals surface area (Å²) in [5, 5.41) is 39.3. The van der Waals surface area contributed by atoms with Gasteiger partial charge in [0.25, 0.3) is 11.9 Å². The van der Waals surface area contributed by atoms with E-state index in [1.165, 1.54) is 35.3 Å². The third-order valence-electron chi connectivity index (χ3n) is 5.43. The van der Waals surface area contributed by atoms with Crippen molar-refractivity contribution in [3.05, 3.63) is 87.2 Å². The summed E-state index contributed by atoms with van der Waals surface area (Å²) < 4.78 is 0.887. The van der Waals surface area contributed by atoms with Crippen LogP contribution in [0.1, 0.15) is 42.5 Å². The van der Waals surface area contributed by atoms with Crippen molar-refractivity contribution in [3.8, 4) is 6.07 Å². The first-order valence-electron chi connectivity index (χ1n) is 13.2. The van der Waals surface area contributed by atoms with Crippen LogP contribution in [0.4, 0.5) is 0 Å². The molecule has 1 saturated heterocycles. The van der Waals surface area contributed by atoms with Crippen LogP contribution in [0.25, 0.3) is 0 Å². The quantitative estimate of drug-likeness (QED) is 0.129. The summed E-state index contributed by atoms with van der Waals surface area (Å²) in [7, 11) is 3.33. The zero-order chi connectivity index (χ0) is 33.2. The number of benzene rings is 1. The molecule has 0 unspecified atom stereocenters. The van der Waals surface area contributed by atoms with Gasteiger partial charge in [-0.25, -0.2) is 30.2 Å². The van der Waals surface area contributed by atoms with Gasteiger partial charge in [0.1, 0.15) is 10.2 Å². The lowest BCUT2D eigenvalue weighted by molar-refractivity contribution is -0.486. The summed E-state index contributed by atoms with van der Waals surface area (Å²) in [4.78, 5) is 36.5. The van der Waals surface area contributed by atoms with E-state index >= 15 is 0 Å². The second-order valence-electron chi connectivity index (χ2n) is 8.99. The van der Waals surface area contributed by atoms with Crippen LogP contribution in [-0.4, -0.2) is 74.1 Å². The van der Waals surface area contributed by atoms with Gasteiger partial charge in [-0.1, -0.05) is 67.9 Å². The number of hydrogen-bond acceptors (Lipinski definition) is 10. The number of halogens is 2. The lowest BCUT2D eigenvalue weighted by Gasteiger charge is -2.41. The Morgan fingerprint density at radius 2 is 1.70 bits per heavy atom. The maximum atomic E-state index is 10.9. The SMILES string of the molecule is C.CCCC#N.CN1CN(Cc2ccccc2)CN(Cc2cnc(Cl)s2)/C1=N/[N+](=O)[O-].CNC(=N[N+](=O)[O-])NCc1cnc(Cl)s1. The fourth-order valence-electron chi connectivity index (χ4n) is 3.68. The topological polar surface area (TPSA) is 194 Å². The van der Waals surface area contributed by atoms with Gasteiger partial charge in [0.2, 0.25) is 0 Å². The number of guanidine groups is 2. The van der Waals surface area contributed by atoms with E-state index in [0.717, 1.165) is 22.7 Å². The lowest BCUT2D eigenvalue weighted by Crippen LogP contribution is -2.56. The van der Waals surface area contributed by atoms with Crippen molar-refractivity contribution < 1.29 is 10.1 Å². The highest BCUT2D eigenvalue weighted by atomic mass is 35.5. The Bertz CT molecular complexity index is 1470. The number of hydrazone groups is 2. The summed E-state index contributed by atoms with van der Waals surface area (Å²) in [6.07, 6.45) is 4.96. The Morgan fingerprint density at radius 3 is 2.17 bits per heavy atom. The largest absolute Gasteiger partial charge is 0.354 e. The Morgan fingerprint density at radius 1 is 1.07 bits per heavy atom. The molecule has 1 fully saturated rings. The molecule has 0 amide bonds. The van der Waals surface area contributed by atoms with Gasteiger partial charge in [-0.3, -0.25) is 4.90 Å². The number of nitriles is 1. The van der Waals surface area contributed by atoms with Gasteiger partial charge in [-0.05, 0) is 12.0 Å². The molecule has 250 valence electrons. The Labute approximate surface area is 285 Å². The molecular weight excluding hydrogens is 679 g/mol. The molecule has 0 aliphatic carbocycles. The van der Waals surface area contributed by atoms with Crippen LogP contribution in [0.3, 0.4) is 0 Å². The molecule has 0 bridgehead atoms. The van der Waals surface area contributed by atoms with Gasteiger partial charge >= 0.3 is 0 Å². The van der Waals surface area contributed by atoms with E-state index in [0.29, 0.717) is 47.7 Å². The highest BCUT2D eigenvalue weighted by Gasteiger charge is 2.29. The third kappa shape index (κ3) is 15.2. The van der Waals surface area contributed by atoms with Crippen molar-refractivity contribution in [1.29, 1.82) is 5.26 Å². The predicted molar refractivity (Wildman–Crippen MR) is 181 cm³/mol. The fourth-order valence-corrected chi connectivity index (χ4v) is 5.59. The van der Waals surface area contributed by atoms with Crippen LogP contribution in [0.2, 0.25) is 8.93 Å². The fraction of sp³-hybridized carbons (Fsp3) is 0.423. The molecular formula is C26H36Cl2N12O4S2. The minimum Gasteiger partial charge on any atom is -0.354 e. The third-order valence-corrected chi connectivity index (χ3v) is 7.65. The van der Waals surface area contributed by atoms with Crippen LogP contribution >= 0.6 is 45.9 Å². The molecule has 0 radical (unpaired) electrons. The second kappa shape index (κ2) is 21.6. The molecule has 1 aliphatic rings. The number of nitrogens with one attached hydrogen (secondary N) is 2. The van der Waals surface area contributed by atoms with Gasteiger partial charge in [-0.15, -0.1) is 22.7 Å². The van der Waals surface area contributed by atoms with E-state index in [4.69, 9.17) is 28.5 Å². The number of rotatable bonds is 9. The predicted octanol–water partition coefficient (Wildman–Crippen LogP) is 5.11. The molecule has 20 heteroatoms. The van der Waals surface area contributed by atoms with Gasteiger partial charge in [-0.2, -0.15) is 5.26 Å². The van der Waals surface area contributed by atoms with E-state index in [1.54, 1.807) is 24.3 Å². The molecule has 2 aromatic heterocycles. The number of nitrogens with zero attached hydrogens (tertiary/aromatic N) is 10. The normalized spacial score (nSPS) is 13.7. The summed E-state index contributed by atoms with van der Waals surface area (Å²) in [6.45, 7) is 4.67. The number of unbranched alkanes of at least 4 members (excludes halogenated alkanes) is 1. The number of hydrogen-bond donors (Lipinski definition) is 2. The van der Waals surface area contributed by atoms with E-state index in [9.17, 15) is 20.2 Å². The average molecular weight is 716 g/mol. The first-order valence-corrected chi connectivity index (χ1v) is 15.6. The molecule has 0 spiro atoms. The highest BCUT2D eigenvalue weighted by molar-refractivity contribution is 7.16. The van der Waals surface area contributed by atoms with Gasteiger partial charge < -0.3 is 20.4 Å². The van der Waals surface area contributed by atoms with E-state index < -0.39 is 10.1 Å². The average Bonchev–Trinajstić information content (AvgIpc) is 3.61. The van der Waals surface area contributed by atoms with E-state index in [1.807, 2.05) is 36.1 Å². The molecule has 0 atom stereocenters. The molecule has 1 aromatic carbocycles. The smallest absolute Gasteiger partial charge is 0.276 e. The summed E-state index contributed by atoms with van der Waals surface area (Å²) in [5.74, 6) is 0.420. The van der Waals surface area contributed by atoms with Crippen molar-refractivity contribution in [2.24, 2.45) is 10.2 Å². The van der Waals surface area contributed by atoms with Gasteiger partial charge in [0.15, 0.2) is 19.0 Å². The summed E-state index contributed by atoms with van der Waals surface area (Å²) in [5.41, 5.74) is 1.19. The second-order valence-corrected chi connectivity index (χ2v) is 12.4. The van der Waals surface area contributed by atoms with Gasteiger partial charge in [0, 0.05) is 49.2 Å². The molecule has 3 aromatic rings. The molecule has 3 heterocycles. The molecule has 1 aliphatic heterocycles. The van der Waals surface area contributed by atoms with Crippen LogP contribution in [-0.2, 0) is 19.6 Å². The van der Waals surface area contributed by atoms with E-state index in [2.05, 4.69) is 47.8 Å². The maximum absolute atomic E-state index is 10.9. The van der Waals surface area contributed by atoms with Crippen molar-refractivity contribution in [2.75, 3.05) is 27.4 Å². The maximum Gasteiger partial charge on any atom is 0.276 e. The van der Waals surface area contributed by atoms with Crippen LogP contribution in [0.15, 0.2) is 52.9 Å². The van der Waals surface area contributed by atoms with Crippen molar-refractivity contribution in [2.45, 2.75) is 46.8 Å². The first kappa shape index (κ1) is 39.9. The highest BCUT2D eigenvalue weighted by Crippen LogP contribution is 2.22. The molecule has 2 N–H and O–H groups in total. The summed E-state index contributed by atoms with van der Waals surface area (Å²) >= 11 is 14.2. The van der Waals surface area contributed by atoms with E-state index in [-0.39, 0.29) is 13.4 Å². The molecule has 16 nitrogen and oxygen atoms in total. The van der Waals surface area contributed by atoms with Crippen molar-refractivity contribution in [1.82, 2.24) is 35.3 Å². The standard InChI is InChI=1S/C15H17ClN6O2S.C6H8ClN5O2S.C4H7N.CH4/c1-19-10-20(8-12-5-3-2-4-6-12)11-21(15(19)18-22(23)24)9-13-7-17-14(16)25-13;1-8-6(11-12(13)14)10-3-4-2-9-5(7)15-4;1-2-3-4-5;/h2-7H,8-11H2,1H3;2H,3H2,1H3,(H2,8,10,11);2-3H2,1H3;1H4/b18-15+;;;. The summed E-state index contributed by atoms with van der Waals surface area (Å²) in [6, 6.07) is 12.1. The van der Waals surface area contributed by atoms with Crippen molar-refractivity contribution in [3.63, 3.8) is 0 Å².